The summed E-state index contributed by atoms with van der Waals surface area (Å²) in [7, 11) is 0. The monoisotopic (exact) mass is 200 g/mol. The number of aliphatic hydroxyl groups excluding tert-OH is 1. The van der Waals surface area contributed by atoms with Gasteiger partial charge in [-0.05, 0) is 6.92 Å². The van der Waals surface area contributed by atoms with Crippen molar-refractivity contribution in [1.82, 2.24) is 9.78 Å². The second kappa shape index (κ2) is 3.56. The van der Waals surface area contributed by atoms with E-state index in [1.165, 1.54) is 10.9 Å². The molecule has 14 heavy (non-hydrogen) atoms. The Balaban J connectivity index is 2.11. The molecule has 1 aromatic rings. The lowest BCUT2D eigenvalue weighted by atomic mass is 10.3. The van der Waals surface area contributed by atoms with Gasteiger partial charge in [-0.1, -0.05) is 0 Å². The molecule has 0 aromatic carbocycles. The fourth-order valence-corrected chi connectivity index (χ4v) is 1.32. The number of nitrogens with zero attached hydrogens (tertiary/aromatic N) is 2. The van der Waals surface area contributed by atoms with Crippen LogP contribution >= 0.6 is 0 Å². The molecule has 6 heteroatoms. The van der Waals surface area contributed by atoms with E-state index in [0.717, 1.165) is 0 Å². The van der Waals surface area contributed by atoms with Crippen LogP contribution in [-0.4, -0.2) is 32.9 Å². The Morgan fingerprint density at radius 2 is 2.29 bits per heavy atom. The van der Waals surface area contributed by atoms with Crippen LogP contribution in [0.5, 0.6) is 5.88 Å². The van der Waals surface area contributed by atoms with Crippen LogP contribution in [0.4, 0.5) is 0 Å². The van der Waals surface area contributed by atoms with Crippen LogP contribution in [0.3, 0.4) is 0 Å². The van der Waals surface area contributed by atoms with Crippen LogP contribution in [0.15, 0.2) is 6.20 Å². The zero-order valence-corrected chi connectivity index (χ0v) is 7.75. The lowest BCUT2D eigenvalue weighted by Gasteiger charge is -2.32. The van der Waals surface area contributed by atoms with Gasteiger partial charge in [0.25, 0.3) is 0 Å². The minimum Gasteiger partial charge on any atom is -0.493 e. The molecule has 2 rings (SSSR count). The zero-order valence-electron chi connectivity index (χ0n) is 7.75. The average molecular weight is 200 g/mol. The van der Waals surface area contributed by atoms with Gasteiger partial charge >= 0.3 is 0 Å². The number of aliphatic hydroxyl groups is 1. The van der Waals surface area contributed by atoms with Crippen molar-refractivity contribution in [2.45, 2.75) is 26.0 Å². The summed E-state index contributed by atoms with van der Waals surface area (Å²) in [6.45, 7) is 1.96. The van der Waals surface area contributed by atoms with Crippen molar-refractivity contribution in [3.8, 4) is 5.88 Å². The number of rotatable bonds is 3. The van der Waals surface area contributed by atoms with Crippen LogP contribution in [0, 0.1) is 0 Å². The van der Waals surface area contributed by atoms with Crippen molar-refractivity contribution in [2.24, 2.45) is 0 Å². The smallest absolute Gasteiger partial charge is 0.217 e. The largest absolute Gasteiger partial charge is 0.493 e. The first-order chi connectivity index (χ1) is 6.72. The quantitative estimate of drug-likeness (QED) is 0.716. The molecule has 0 spiro atoms. The van der Waals surface area contributed by atoms with Crippen molar-refractivity contribution in [3.63, 3.8) is 0 Å². The molecule has 6 nitrogen and oxygen atoms in total. The minimum atomic E-state index is -0.530. The van der Waals surface area contributed by atoms with Gasteiger partial charge in [0.15, 0.2) is 12.6 Å². The molecule has 1 aliphatic heterocycles. The molecule has 1 saturated heterocycles. The normalized spacial score (nSPS) is 26.1. The van der Waals surface area contributed by atoms with Crippen molar-refractivity contribution in [3.05, 3.63) is 11.8 Å². The van der Waals surface area contributed by atoms with E-state index in [-0.39, 0.29) is 25.3 Å². The van der Waals surface area contributed by atoms with E-state index in [4.69, 9.17) is 14.6 Å². The van der Waals surface area contributed by atoms with Gasteiger partial charge in [-0.2, -0.15) is 5.10 Å². The highest BCUT2D eigenvalue weighted by Gasteiger charge is 2.32. The summed E-state index contributed by atoms with van der Waals surface area (Å²) in [6.07, 6.45) is 0.708. The summed E-state index contributed by atoms with van der Waals surface area (Å²) in [5, 5.41) is 22.2. The molecule has 1 aromatic heterocycles. The Kier molecular flexibility index (Phi) is 2.40. The average Bonchev–Trinajstić information content (AvgIpc) is 2.44. The Hall–Kier alpha value is -1.11. The molecule has 78 valence electrons. The van der Waals surface area contributed by atoms with E-state index >= 15 is 0 Å². The molecule has 0 bridgehead atoms. The maximum Gasteiger partial charge on any atom is 0.217 e. The molecule has 0 aliphatic carbocycles. The maximum atomic E-state index is 9.61. The fourth-order valence-electron chi connectivity index (χ4n) is 1.32. The first-order valence-electron chi connectivity index (χ1n) is 4.39. The number of ether oxygens (including phenoxy) is 2. The SMILES string of the molecule is CC1OC(c2cnn(CCO)c2O)O1. The van der Waals surface area contributed by atoms with E-state index in [9.17, 15) is 5.11 Å². The Bertz CT molecular complexity index is 319. The van der Waals surface area contributed by atoms with Gasteiger partial charge in [-0.3, -0.25) is 0 Å². The van der Waals surface area contributed by atoms with Crippen molar-refractivity contribution in [2.75, 3.05) is 6.61 Å². The van der Waals surface area contributed by atoms with Crippen LogP contribution in [-0.2, 0) is 16.0 Å². The molecule has 0 unspecified atom stereocenters. The van der Waals surface area contributed by atoms with Gasteiger partial charge in [0.05, 0.1) is 24.9 Å². The van der Waals surface area contributed by atoms with E-state index in [0.29, 0.717) is 5.56 Å². The number of aromatic nitrogens is 2. The van der Waals surface area contributed by atoms with Crippen molar-refractivity contribution < 1.29 is 19.7 Å². The zero-order chi connectivity index (χ0) is 10.1. The Labute approximate surface area is 80.7 Å². The van der Waals surface area contributed by atoms with Crippen LogP contribution in [0.2, 0.25) is 0 Å². The van der Waals surface area contributed by atoms with Gasteiger partial charge in [0.1, 0.15) is 0 Å². The van der Waals surface area contributed by atoms with E-state index in [2.05, 4.69) is 5.10 Å². The fraction of sp³-hybridized carbons (Fsp3) is 0.625. The topological polar surface area (TPSA) is 76.7 Å². The number of aromatic hydroxyl groups is 1. The molecule has 2 N–H and O–H groups in total. The lowest BCUT2D eigenvalue weighted by Crippen LogP contribution is -2.31. The second-order valence-corrected chi connectivity index (χ2v) is 3.04. The van der Waals surface area contributed by atoms with Gasteiger partial charge in [0, 0.05) is 0 Å². The number of hydrogen-bond donors (Lipinski definition) is 2. The summed E-state index contributed by atoms with van der Waals surface area (Å²) in [5.74, 6) is -0.0176. The summed E-state index contributed by atoms with van der Waals surface area (Å²) >= 11 is 0. The van der Waals surface area contributed by atoms with E-state index < -0.39 is 6.29 Å². The van der Waals surface area contributed by atoms with Crippen LogP contribution < -0.4 is 0 Å². The third kappa shape index (κ3) is 1.47. The predicted octanol–water partition coefficient (Wildman–Crippen LogP) is -0.0276. The summed E-state index contributed by atoms with van der Waals surface area (Å²) < 4.78 is 11.7. The Morgan fingerprint density at radius 3 is 2.86 bits per heavy atom. The molecule has 1 aliphatic rings. The second-order valence-electron chi connectivity index (χ2n) is 3.04. The van der Waals surface area contributed by atoms with E-state index in [1.807, 2.05) is 0 Å². The molecular weight excluding hydrogens is 188 g/mol. The van der Waals surface area contributed by atoms with Crippen LogP contribution in [0.25, 0.3) is 0 Å². The third-order valence-corrected chi connectivity index (χ3v) is 2.04. The van der Waals surface area contributed by atoms with Crippen molar-refractivity contribution in [1.29, 1.82) is 0 Å². The highest BCUT2D eigenvalue weighted by Crippen LogP contribution is 2.35. The first kappa shape index (κ1) is 9.45. The highest BCUT2D eigenvalue weighted by atomic mass is 16.9. The first-order valence-corrected chi connectivity index (χ1v) is 4.39. The number of hydrogen-bond acceptors (Lipinski definition) is 5. The van der Waals surface area contributed by atoms with Crippen LogP contribution in [0.1, 0.15) is 18.8 Å². The molecule has 0 atom stereocenters. The van der Waals surface area contributed by atoms with Gasteiger partial charge in [0.2, 0.25) is 5.88 Å². The maximum absolute atomic E-state index is 9.61. The molecule has 1 fully saturated rings. The molecule has 0 saturated carbocycles. The molecular formula is C8H12N2O4. The van der Waals surface area contributed by atoms with Crippen molar-refractivity contribution >= 4 is 0 Å². The highest BCUT2D eigenvalue weighted by molar-refractivity contribution is 5.24. The molecule has 0 radical (unpaired) electrons. The van der Waals surface area contributed by atoms with Gasteiger partial charge in [-0.25, -0.2) is 4.68 Å². The molecule has 0 amide bonds. The Morgan fingerprint density at radius 1 is 1.57 bits per heavy atom. The minimum absolute atomic E-state index is 0.0176. The predicted molar refractivity (Wildman–Crippen MR) is 45.4 cm³/mol. The lowest BCUT2D eigenvalue weighted by molar-refractivity contribution is -0.382. The molecule has 2 heterocycles. The van der Waals surface area contributed by atoms with Gasteiger partial charge in [-0.15, -0.1) is 0 Å². The summed E-state index contributed by atoms with van der Waals surface area (Å²) in [4.78, 5) is 0. The van der Waals surface area contributed by atoms with Gasteiger partial charge < -0.3 is 19.7 Å². The third-order valence-electron chi connectivity index (χ3n) is 2.04. The standard InChI is InChI=1S/C8H12N2O4/c1-5-13-8(14-5)6-4-9-10(2-3-11)7(6)12/h4-5,8,11-12H,2-3H2,1H3. The summed E-state index contributed by atoms with van der Waals surface area (Å²) in [5.41, 5.74) is 0.497. The summed E-state index contributed by atoms with van der Waals surface area (Å²) in [6, 6.07) is 0. The van der Waals surface area contributed by atoms with E-state index in [1.54, 1.807) is 6.92 Å².